The molecule has 18 heavy (non-hydrogen) atoms. The number of nitro benzene ring substituents is 1. The predicted octanol–water partition coefficient (Wildman–Crippen LogP) is 3.60. The van der Waals surface area contributed by atoms with Gasteiger partial charge in [-0.3, -0.25) is 10.1 Å². The summed E-state index contributed by atoms with van der Waals surface area (Å²) in [6.07, 6.45) is 2.26. The second-order valence-corrected chi connectivity index (χ2v) is 6.23. The highest BCUT2D eigenvalue weighted by Gasteiger charge is 2.24. The van der Waals surface area contributed by atoms with Gasteiger partial charge in [0.05, 0.1) is 4.92 Å². The van der Waals surface area contributed by atoms with Crippen molar-refractivity contribution < 1.29 is 4.92 Å². The van der Waals surface area contributed by atoms with Gasteiger partial charge in [-0.05, 0) is 37.1 Å². The van der Waals surface area contributed by atoms with Crippen molar-refractivity contribution in [1.29, 1.82) is 0 Å². The van der Waals surface area contributed by atoms with Crippen LogP contribution in [0.2, 0.25) is 0 Å². The normalized spacial score (nSPS) is 23.7. The van der Waals surface area contributed by atoms with Crippen LogP contribution in [0.1, 0.15) is 25.3 Å². The van der Waals surface area contributed by atoms with Gasteiger partial charge in [-0.1, -0.05) is 13.0 Å². The van der Waals surface area contributed by atoms with E-state index in [0.717, 1.165) is 12.0 Å². The van der Waals surface area contributed by atoms with Gasteiger partial charge in [0.15, 0.2) is 0 Å². The highest BCUT2D eigenvalue weighted by Crippen LogP contribution is 2.31. The summed E-state index contributed by atoms with van der Waals surface area (Å²) in [6, 6.07) is 5.68. The first-order chi connectivity index (χ1) is 8.58. The number of benzene rings is 1. The van der Waals surface area contributed by atoms with Crippen LogP contribution in [0.3, 0.4) is 0 Å². The van der Waals surface area contributed by atoms with E-state index in [4.69, 9.17) is 0 Å². The summed E-state index contributed by atoms with van der Waals surface area (Å²) in [5.41, 5.74) is 1.74. The van der Waals surface area contributed by atoms with Crippen LogP contribution >= 0.6 is 11.8 Å². The largest absolute Gasteiger partial charge is 0.376 e. The van der Waals surface area contributed by atoms with Crippen molar-refractivity contribution in [2.45, 2.75) is 38.0 Å². The average Bonchev–Trinajstić information content (AvgIpc) is 2.34. The van der Waals surface area contributed by atoms with Gasteiger partial charge in [0.1, 0.15) is 5.69 Å². The van der Waals surface area contributed by atoms with E-state index in [1.165, 1.54) is 12.2 Å². The predicted molar refractivity (Wildman–Crippen MR) is 76.4 cm³/mol. The van der Waals surface area contributed by atoms with Crippen molar-refractivity contribution in [3.63, 3.8) is 0 Å². The van der Waals surface area contributed by atoms with Gasteiger partial charge in [-0.2, -0.15) is 11.8 Å². The Bertz CT molecular complexity index is 451. The Kier molecular flexibility index (Phi) is 4.11. The van der Waals surface area contributed by atoms with Crippen molar-refractivity contribution >= 4 is 23.1 Å². The minimum atomic E-state index is -0.310. The van der Waals surface area contributed by atoms with Gasteiger partial charge in [0.2, 0.25) is 0 Å². The van der Waals surface area contributed by atoms with E-state index in [0.29, 0.717) is 17.0 Å². The molecule has 0 saturated carbocycles. The van der Waals surface area contributed by atoms with Crippen molar-refractivity contribution in [1.82, 2.24) is 0 Å². The van der Waals surface area contributed by atoms with Crippen LogP contribution in [-0.2, 0) is 0 Å². The molecule has 5 heteroatoms. The van der Waals surface area contributed by atoms with E-state index in [2.05, 4.69) is 12.2 Å². The van der Waals surface area contributed by atoms with Crippen LogP contribution < -0.4 is 5.32 Å². The van der Waals surface area contributed by atoms with Crippen molar-refractivity contribution in [3.8, 4) is 0 Å². The van der Waals surface area contributed by atoms with E-state index in [-0.39, 0.29) is 10.6 Å². The first-order valence-corrected chi connectivity index (χ1v) is 7.26. The molecule has 0 radical (unpaired) electrons. The fraction of sp³-hybridized carbons (Fsp3) is 0.538. The van der Waals surface area contributed by atoms with Gasteiger partial charge in [0.25, 0.3) is 5.69 Å². The molecule has 1 heterocycles. The zero-order valence-electron chi connectivity index (χ0n) is 10.7. The summed E-state index contributed by atoms with van der Waals surface area (Å²) in [4.78, 5) is 10.7. The van der Waals surface area contributed by atoms with Gasteiger partial charge in [0, 0.05) is 17.4 Å². The third kappa shape index (κ3) is 2.96. The van der Waals surface area contributed by atoms with Crippen LogP contribution in [0.5, 0.6) is 0 Å². The summed E-state index contributed by atoms with van der Waals surface area (Å²) in [5.74, 6) is 1.19. The molecule has 4 nitrogen and oxygen atoms in total. The van der Waals surface area contributed by atoms with Crippen LogP contribution in [0.4, 0.5) is 11.4 Å². The van der Waals surface area contributed by atoms with Crippen molar-refractivity contribution in [3.05, 3.63) is 33.9 Å². The molecule has 0 bridgehead atoms. The number of thioether (sulfide) groups is 1. The molecule has 1 aromatic carbocycles. The molecule has 0 aromatic heterocycles. The Balaban J connectivity index is 2.20. The second kappa shape index (κ2) is 5.61. The number of aryl methyl sites for hydroxylation is 1. The lowest BCUT2D eigenvalue weighted by Crippen LogP contribution is -2.32. The molecule has 1 fully saturated rings. The molecule has 2 rings (SSSR count). The standard InChI is InChI=1S/C13H18N2O2S/c1-9-5-6-12(13(8-9)15(16)17)14-11-4-3-7-18-10(11)2/h5-6,8,10-11,14H,3-4,7H2,1-2H3. The van der Waals surface area contributed by atoms with Crippen LogP contribution in [0.25, 0.3) is 0 Å². The summed E-state index contributed by atoms with van der Waals surface area (Å²) < 4.78 is 0. The highest BCUT2D eigenvalue weighted by atomic mass is 32.2. The minimum Gasteiger partial charge on any atom is -0.376 e. The molecule has 2 atom stereocenters. The third-order valence-electron chi connectivity index (χ3n) is 3.30. The van der Waals surface area contributed by atoms with Gasteiger partial charge in [-0.25, -0.2) is 0 Å². The monoisotopic (exact) mass is 266 g/mol. The van der Waals surface area contributed by atoms with Gasteiger partial charge in [-0.15, -0.1) is 0 Å². The zero-order chi connectivity index (χ0) is 13.1. The molecule has 98 valence electrons. The number of hydrogen-bond acceptors (Lipinski definition) is 4. The molecule has 2 unspecified atom stereocenters. The lowest BCUT2D eigenvalue weighted by Gasteiger charge is -2.29. The summed E-state index contributed by atoms with van der Waals surface area (Å²) in [7, 11) is 0. The Morgan fingerprint density at radius 2 is 2.28 bits per heavy atom. The van der Waals surface area contributed by atoms with Crippen molar-refractivity contribution in [2.75, 3.05) is 11.1 Å². The fourth-order valence-corrected chi connectivity index (χ4v) is 3.37. The van der Waals surface area contributed by atoms with Crippen LogP contribution in [0, 0.1) is 17.0 Å². The Hall–Kier alpha value is -1.23. The molecule has 1 aliphatic heterocycles. The minimum absolute atomic E-state index is 0.178. The van der Waals surface area contributed by atoms with Crippen LogP contribution in [0.15, 0.2) is 18.2 Å². The second-order valence-electron chi connectivity index (χ2n) is 4.75. The van der Waals surface area contributed by atoms with E-state index < -0.39 is 0 Å². The number of nitrogens with one attached hydrogen (secondary N) is 1. The smallest absolute Gasteiger partial charge is 0.292 e. The number of anilines is 1. The Morgan fingerprint density at radius 3 is 2.94 bits per heavy atom. The van der Waals surface area contributed by atoms with Crippen LogP contribution in [-0.4, -0.2) is 22.0 Å². The highest BCUT2D eigenvalue weighted by molar-refractivity contribution is 8.00. The summed E-state index contributed by atoms with van der Waals surface area (Å²) >= 11 is 1.93. The molecule has 0 spiro atoms. The molecular formula is C13H18N2O2S. The molecule has 0 aliphatic carbocycles. The third-order valence-corrected chi connectivity index (χ3v) is 4.68. The maximum atomic E-state index is 11.1. The lowest BCUT2D eigenvalue weighted by atomic mass is 10.1. The fourth-order valence-electron chi connectivity index (χ4n) is 2.23. The van der Waals surface area contributed by atoms with E-state index in [9.17, 15) is 10.1 Å². The molecule has 1 saturated heterocycles. The number of nitro groups is 1. The lowest BCUT2D eigenvalue weighted by molar-refractivity contribution is -0.384. The molecule has 1 N–H and O–H groups in total. The number of rotatable bonds is 3. The van der Waals surface area contributed by atoms with E-state index in [1.807, 2.05) is 30.8 Å². The quantitative estimate of drug-likeness (QED) is 0.671. The first-order valence-electron chi connectivity index (χ1n) is 6.21. The topological polar surface area (TPSA) is 55.2 Å². The summed E-state index contributed by atoms with van der Waals surface area (Å²) in [5, 5.41) is 14.9. The molecule has 0 amide bonds. The number of hydrogen-bond donors (Lipinski definition) is 1. The average molecular weight is 266 g/mol. The zero-order valence-corrected chi connectivity index (χ0v) is 11.5. The molecule has 1 aliphatic rings. The number of nitrogens with zero attached hydrogens (tertiary/aromatic N) is 1. The summed E-state index contributed by atoms with van der Waals surface area (Å²) in [6.45, 7) is 4.05. The maximum absolute atomic E-state index is 11.1. The van der Waals surface area contributed by atoms with E-state index in [1.54, 1.807) is 6.07 Å². The first kappa shape index (κ1) is 13.2. The SMILES string of the molecule is Cc1ccc(NC2CCCSC2C)c([N+](=O)[O-])c1. The van der Waals surface area contributed by atoms with Gasteiger partial charge < -0.3 is 5.32 Å². The van der Waals surface area contributed by atoms with Gasteiger partial charge >= 0.3 is 0 Å². The maximum Gasteiger partial charge on any atom is 0.292 e. The van der Waals surface area contributed by atoms with E-state index >= 15 is 0 Å². The van der Waals surface area contributed by atoms with Crippen molar-refractivity contribution in [2.24, 2.45) is 0 Å². The Labute approximate surface area is 111 Å². The molecular weight excluding hydrogens is 248 g/mol. The molecule has 1 aromatic rings. The Morgan fingerprint density at radius 1 is 1.50 bits per heavy atom.